The average Bonchev–Trinajstić information content (AvgIpc) is 3.01. The Labute approximate surface area is 147 Å². The minimum atomic E-state index is -0.350. The van der Waals surface area contributed by atoms with E-state index in [0.717, 1.165) is 16.7 Å². The van der Waals surface area contributed by atoms with Crippen molar-refractivity contribution in [3.8, 4) is 11.1 Å². The second-order valence-electron chi connectivity index (χ2n) is 5.39. The standard InChI is InChI=1S/C19H12ClNO2S/c20-14-8-6-13(7-9-14)15-11-24-18-17(15)19(22)23-16(21-18)10-12-4-2-1-3-5-12/h1-9,11H,10H2. The highest BCUT2D eigenvalue weighted by molar-refractivity contribution is 7.17. The Morgan fingerprint density at radius 2 is 1.79 bits per heavy atom. The van der Waals surface area contributed by atoms with E-state index in [1.54, 1.807) is 12.1 Å². The third-order valence-electron chi connectivity index (χ3n) is 3.77. The summed E-state index contributed by atoms with van der Waals surface area (Å²) < 4.78 is 5.45. The molecule has 0 atom stereocenters. The number of halogens is 1. The van der Waals surface area contributed by atoms with E-state index < -0.39 is 0 Å². The van der Waals surface area contributed by atoms with Crippen LogP contribution in [-0.2, 0) is 6.42 Å². The van der Waals surface area contributed by atoms with Gasteiger partial charge in [0.1, 0.15) is 10.2 Å². The summed E-state index contributed by atoms with van der Waals surface area (Å²) in [6.45, 7) is 0. The van der Waals surface area contributed by atoms with Crippen LogP contribution in [0.5, 0.6) is 0 Å². The Balaban J connectivity index is 1.78. The average molecular weight is 354 g/mol. The van der Waals surface area contributed by atoms with Gasteiger partial charge in [0, 0.05) is 22.4 Å². The molecule has 0 N–H and O–H groups in total. The topological polar surface area (TPSA) is 43.1 Å². The number of thiophene rings is 1. The van der Waals surface area contributed by atoms with Gasteiger partial charge in [-0.2, -0.15) is 0 Å². The van der Waals surface area contributed by atoms with Crippen LogP contribution >= 0.6 is 22.9 Å². The van der Waals surface area contributed by atoms with Crippen molar-refractivity contribution in [2.75, 3.05) is 0 Å². The van der Waals surface area contributed by atoms with Crippen LogP contribution in [0.2, 0.25) is 5.02 Å². The normalized spacial score (nSPS) is 11.0. The molecule has 2 heterocycles. The fourth-order valence-corrected chi connectivity index (χ4v) is 3.68. The molecule has 0 bridgehead atoms. The first-order valence-electron chi connectivity index (χ1n) is 7.42. The molecule has 4 aromatic rings. The summed E-state index contributed by atoms with van der Waals surface area (Å²) in [5.74, 6) is 0.434. The van der Waals surface area contributed by atoms with Gasteiger partial charge in [0.2, 0.25) is 5.89 Å². The summed E-state index contributed by atoms with van der Waals surface area (Å²) in [6.07, 6.45) is 0.500. The number of nitrogens with zero attached hydrogens (tertiary/aromatic N) is 1. The van der Waals surface area contributed by atoms with E-state index in [1.807, 2.05) is 47.8 Å². The Hall–Kier alpha value is -2.43. The van der Waals surface area contributed by atoms with Gasteiger partial charge in [-0.05, 0) is 23.3 Å². The van der Waals surface area contributed by atoms with Gasteiger partial charge in [-0.3, -0.25) is 0 Å². The van der Waals surface area contributed by atoms with Gasteiger partial charge >= 0.3 is 5.63 Å². The zero-order valence-electron chi connectivity index (χ0n) is 12.5. The van der Waals surface area contributed by atoms with Gasteiger partial charge in [0.15, 0.2) is 0 Å². The molecule has 118 valence electrons. The maximum absolute atomic E-state index is 12.5. The molecule has 0 spiro atoms. The number of hydrogen-bond donors (Lipinski definition) is 0. The van der Waals surface area contributed by atoms with Crippen molar-refractivity contribution in [2.45, 2.75) is 6.42 Å². The monoisotopic (exact) mass is 353 g/mol. The highest BCUT2D eigenvalue weighted by Gasteiger charge is 2.14. The van der Waals surface area contributed by atoms with Gasteiger partial charge < -0.3 is 4.42 Å². The van der Waals surface area contributed by atoms with Crippen molar-refractivity contribution >= 4 is 33.2 Å². The molecule has 0 aliphatic rings. The Morgan fingerprint density at radius 1 is 1.04 bits per heavy atom. The van der Waals surface area contributed by atoms with Gasteiger partial charge in [0.05, 0.1) is 0 Å². The number of benzene rings is 2. The molecule has 4 rings (SSSR count). The van der Waals surface area contributed by atoms with Crippen molar-refractivity contribution < 1.29 is 4.42 Å². The summed E-state index contributed by atoms with van der Waals surface area (Å²) in [6, 6.07) is 17.2. The number of aromatic nitrogens is 1. The first-order chi connectivity index (χ1) is 11.7. The maximum atomic E-state index is 12.5. The second-order valence-corrected chi connectivity index (χ2v) is 6.69. The molecule has 0 amide bonds. The van der Waals surface area contributed by atoms with Crippen LogP contribution in [0.15, 0.2) is 69.2 Å². The molecule has 0 saturated heterocycles. The summed E-state index contributed by atoms with van der Waals surface area (Å²) in [4.78, 5) is 17.7. The van der Waals surface area contributed by atoms with E-state index in [2.05, 4.69) is 4.98 Å². The minimum absolute atomic E-state index is 0.350. The van der Waals surface area contributed by atoms with Crippen molar-refractivity contribution in [3.63, 3.8) is 0 Å². The van der Waals surface area contributed by atoms with Crippen molar-refractivity contribution in [1.29, 1.82) is 0 Å². The molecular weight excluding hydrogens is 342 g/mol. The van der Waals surface area contributed by atoms with E-state index in [4.69, 9.17) is 16.0 Å². The smallest absolute Gasteiger partial charge is 0.348 e. The highest BCUT2D eigenvalue weighted by Crippen LogP contribution is 2.31. The molecule has 3 nitrogen and oxygen atoms in total. The molecule has 0 fully saturated rings. The molecule has 2 aromatic carbocycles. The lowest BCUT2D eigenvalue weighted by Crippen LogP contribution is -2.05. The predicted molar refractivity (Wildman–Crippen MR) is 97.9 cm³/mol. The van der Waals surface area contributed by atoms with Crippen LogP contribution in [0.4, 0.5) is 0 Å². The molecule has 0 aliphatic carbocycles. The zero-order chi connectivity index (χ0) is 16.5. The lowest BCUT2D eigenvalue weighted by Gasteiger charge is -2.01. The first-order valence-corrected chi connectivity index (χ1v) is 8.67. The number of fused-ring (bicyclic) bond motifs is 1. The van der Waals surface area contributed by atoms with Crippen LogP contribution in [0.25, 0.3) is 21.3 Å². The van der Waals surface area contributed by atoms with Crippen molar-refractivity contribution in [3.05, 3.63) is 86.9 Å². The third-order valence-corrected chi connectivity index (χ3v) is 4.89. The van der Waals surface area contributed by atoms with E-state index >= 15 is 0 Å². The molecule has 0 radical (unpaired) electrons. The van der Waals surface area contributed by atoms with Gasteiger partial charge in [-0.1, -0.05) is 54.1 Å². The first kappa shape index (κ1) is 15.1. The van der Waals surface area contributed by atoms with Crippen molar-refractivity contribution in [2.24, 2.45) is 0 Å². The van der Waals surface area contributed by atoms with E-state index in [-0.39, 0.29) is 5.63 Å². The largest absolute Gasteiger partial charge is 0.407 e. The summed E-state index contributed by atoms with van der Waals surface area (Å²) in [7, 11) is 0. The summed E-state index contributed by atoms with van der Waals surface area (Å²) >= 11 is 7.38. The Morgan fingerprint density at radius 3 is 2.54 bits per heavy atom. The van der Waals surface area contributed by atoms with Crippen molar-refractivity contribution in [1.82, 2.24) is 4.98 Å². The molecule has 5 heteroatoms. The lowest BCUT2D eigenvalue weighted by atomic mass is 10.1. The SMILES string of the molecule is O=c1oc(Cc2ccccc2)nc2scc(-c3ccc(Cl)cc3)c12. The zero-order valence-corrected chi connectivity index (χ0v) is 14.1. The van der Waals surface area contributed by atoms with Gasteiger partial charge in [-0.15, -0.1) is 11.3 Å². The predicted octanol–water partition coefficient (Wildman–Crippen LogP) is 5.16. The number of hydrogen-bond acceptors (Lipinski definition) is 4. The van der Waals surface area contributed by atoms with Crippen LogP contribution < -0.4 is 5.63 Å². The molecule has 0 saturated carbocycles. The van der Waals surface area contributed by atoms with Crippen LogP contribution in [0.1, 0.15) is 11.5 Å². The molecule has 0 aliphatic heterocycles. The molecule has 24 heavy (non-hydrogen) atoms. The maximum Gasteiger partial charge on any atom is 0.348 e. The lowest BCUT2D eigenvalue weighted by molar-refractivity contribution is 0.455. The quantitative estimate of drug-likeness (QED) is 0.511. The molecule has 0 unspecified atom stereocenters. The summed E-state index contributed by atoms with van der Waals surface area (Å²) in [5, 5.41) is 3.12. The van der Waals surface area contributed by atoms with Crippen LogP contribution in [0, 0.1) is 0 Å². The fourth-order valence-electron chi connectivity index (χ4n) is 2.61. The third kappa shape index (κ3) is 2.86. The molecule has 2 aromatic heterocycles. The minimum Gasteiger partial charge on any atom is -0.407 e. The van der Waals surface area contributed by atoms with E-state index in [9.17, 15) is 4.79 Å². The van der Waals surface area contributed by atoms with E-state index in [1.165, 1.54) is 11.3 Å². The second kappa shape index (κ2) is 6.23. The van der Waals surface area contributed by atoms with Crippen LogP contribution in [-0.4, -0.2) is 4.98 Å². The van der Waals surface area contributed by atoms with Gasteiger partial charge in [0.25, 0.3) is 0 Å². The fraction of sp³-hybridized carbons (Fsp3) is 0.0526. The highest BCUT2D eigenvalue weighted by atomic mass is 35.5. The van der Waals surface area contributed by atoms with E-state index in [0.29, 0.717) is 27.6 Å². The number of rotatable bonds is 3. The Kier molecular flexibility index (Phi) is 3.92. The van der Waals surface area contributed by atoms with Crippen LogP contribution in [0.3, 0.4) is 0 Å². The van der Waals surface area contributed by atoms with Gasteiger partial charge in [-0.25, -0.2) is 9.78 Å². The molecular formula is C19H12ClNO2S. The Bertz CT molecular complexity index is 1050. The summed E-state index contributed by atoms with van der Waals surface area (Å²) in [5.41, 5.74) is 2.47.